The topological polar surface area (TPSA) is 32.3 Å². The summed E-state index contributed by atoms with van der Waals surface area (Å²) in [6.45, 7) is 5.60. The van der Waals surface area contributed by atoms with Crippen molar-refractivity contribution in [2.75, 3.05) is 18.0 Å². The van der Waals surface area contributed by atoms with E-state index in [9.17, 15) is 9.18 Å². The maximum Gasteiger partial charge on any atom is 0.260 e. The zero-order chi connectivity index (χ0) is 19.0. The van der Waals surface area contributed by atoms with Gasteiger partial charge in [0.15, 0.2) is 0 Å². The first-order valence-corrected chi connectivity index (χ1v) is 9.66. The van der Waals surface area contributed by atoms with Crippen LogP contribution in [0.2, 0.25) is 5.02 Å². The lowest BCUT2D eigenvalue weighted by molar-refractivity contribution is 0.0964. The lowest BCUT2D eigenvalue weighted by atomic mass is 9.69. The minimum absolute atomic E-state index is 0.0994. The molecule has 4 rings (SSSR count). The van der Waals surface area contributed by atoms with Crippen molar-refractivity contribution in [3.63, 3.8) is 0 Å². The van der Waals surface area contributed by atoms with Crippen LogP contribution in [-0.2, 0) is 5.41 Å². The highest BCUT2D eigenvalue weighted by Gasteiger charge is 2.52. The number of carbonyl (C=O) groups is 1. The van der Waals surface area contributed by atoms with Crippen LogP contribution < -0.4 is 10.2 Å². The van der Waals surface area contributed by atoms with Gasteiger partial charge in [-0.3, -0.25) is 4.79 Å². The number of piperidine rings is 1. The number of carbonyl (C=O) groups excluding carboxylic acids is 1. The molecule has 27 heavy (non-hydrogen) atoms. The molecule has 2 aliphatic rings. The number of anilines is 1. The van der Waals surface area contributed by atoms with Crippen molar-refractivity contribution in [1.29, 1.82) is 0 Å². The summed E-state index contributed by atoms with van der Waals surface area (Å²) in [6, 6.07) is 11.7. The fraction of sp³-hybridized carbons (Fsp3) is 0.318. The Morgan fingerprint density at radius 3 is 2.74 bits per heavy atom. The van der Waals surface area contributed by atoms with E-state index in [1.165, 1.54) is 6.07 Å². The molecule has 0 saturated carbocycles. The fourth-order valence-electron chi connectivity index (χ4n) is 4.69. The number of benzene rings is 2. The highest BCUT2D eigenvalue weighted by Crippen LogP contribution is 2.52. The molecule has 5 heteroatoms. The fourth-order valence-corrected chi connectivity index (χ4v) is 4.91. The predicted octanol–water partition coefficient (Wildman–Crippen LogP) is 4.71. The van der Waals surface area contributed by atoms with Gasteiger partial charge in [0.25, 0.3) is 5.91 Å². The van der Waals surface area contributed by atoms with Crippen LogP contribution in [0.25, 0.3) is 0 Å². The van der Waals surface area contributed by atoms with Crippen molar-refractivity contribution in [3.8, 4) is 0 Å². The van der Waals surface area contributed by atoms with Crippen LogP contribution in [0.1, 0.15) is 35.2 Å². The van der Waals surface area contributed by atoms with E-state index >= 15 is 0 Å². The average molecular weight is 385 g/mol. The van der Waals surface area contributed by atoms with Crippen LogP contribution in [0.5, 0.6) is 0 Å². The van der Waals surface area contributed by atoms with Crippen LogP contribution in [0.15, 0.2) is 55.1 Å². The van der Waals surface area contributed by atoms with Gasteiger partial charge < -0.3 is 10.2 Å². The Labute approximate surface area is 163 Å². The van der Waals surface area contributed by atoms with Gasteiger partial charge in [0.2, 0.25) is 0 Å². The Kier molecular flexibility index (Phi) is 4.79. The summed E-state index contributed by atoms with van der Waals surface area (Å²) >= 11 is 6.31. The average Bonchev–Trinajstić information content (AvgIpc) is 2.92. The quantitative estimate of drug-likeness (QED) is 0.777. The van der Waals surface area contributed by atoms with E-state index in [0.717, 1.165) is 37.2 Å². The monoisotopic (exact) mass is 384 g/mol. The second-order valence-electron chi connectivity index (χ2n) is 7.26. The van der Waals surface area contributed by atoms with Crippen molar-refractivity contribution in [1.82, 2.24) is 5.32 Å². The van der Waals surface area contributed by atoms with Gasteiger partial charge in [-0.15, -0.1) is 6.58 Å². The minimum Gasteiger partial charge on any atom is -0.317 e. The summed E-state index contributed by atoms with van der Waals surface area (Å²) in [5.41, 5.74) is 1.91. The number of fused-ring (bicyclic) bond motifs is 2. The molecule has 0 radical (unpaired) electrons. The zero-order valence-corrected chi connectivity index (χ0v) is 15.8. The van der Waals surface area contributed by atoms with Crippen LogP contribution in [0, 0.1) is 5.82 Å². The molecular weight excluding hydrogens is 363 g/mol. The van der Waals surface area contributed by atoms with E-state index in [2.05, 4.69) is 11.9 Å². The van der Waals surface area contributed by atoms with E-state index in [1.807, 2.05) is 23.1 Å². The van der Waals surface area contributed by atoms with E-state index in [0.29, 0.717) is 17.0 Å². The standard InChI is InChI=1S/C22H22ClFN2O/c1-2-5-20-22(10-12-25-13-11-22)17-14-15(24)8-9-19(17)26(20)21(27)16-6-3-4-7-18(16)23/h2-4,6-9,14,20,25H,1,5,10-13H2/t20-/m1/s1. The highest BCUT2D eigenvalue weighted by atomic mass is 35.5. The Morgan fingerprint density at radius 1 is 1.30 bits per heavy atom. The van der Waals surface area contributed by atoms with E-state index in [1.54, 1.807) is 24.3 Å². The number of hydrogen-bond acceptors (Lipinski definition) is 2. The Hall–Kier alpha value is -2.17. The van der Waals surface area contributed by atoms with Gasteiger partial charge in [0.05, 0.1) is 16.6 Å². The normalized spacial score (nSPS) is 20.5. The lowest BCUT2D eigenvalue weighted by Gasteiger charge is -2.41. The first-order valence-electron chi connectivity index (χ1n) is 9.28. The molecule has 1 saturated heterocycles. The second-order valence-corrected chi connectivity index (χ2v) is 7.67. The number of nitrogens with one attached hydrogen (secondary N) is 1. The maximum atomic E-state index is 14.2. The van der Waals surface area contributed by atoms with Crippen molar-refractivity contribution in [2.24, 2.45) is 0 Å². The number of halogens is 2. The number of nitrogens with zero attached hydrogens (tertiary/aromatic N) is 1. The summed E-state index contributed by atoms with van der Waals surface area (Å²) in [4.78, 5) is 15.3. The molecule has 2 aliphatic heterocycles. The maximum absolute atomic E-state index is 14.2. The Morgan fingerprint density at radius 2 is 2.04 bits per heavy atom. The lowest BCUT2D eigenvalue weighted by Crippen LogP contribution is -2.51. The van der Waals surface area contributed by atoms with Crippen LogP contribution in [-0.4, -0.2) is 25.0 Å². The molecule has 0 aromatic heterocycles. The molecule has 1 spiro atoms. The van der Waals surface area contributed by atoms with E-state index in [4.69, 9.17) is 11.6 Å². The molecular formula is C22H22ClFN2O. The van der Waals surface area contributed by atoms with Gasteiger partial charge in [0, 0.05) is 11.1 Å². The molecule has 2 aromatic rings. The zero-order valence-electron chi connectivity index (χ0n) is 15.1. The molecule has 1 fully saturated rings. The third-order valence-electron chi connectivity index (χ3n) is 5.91. The smallest absolute Gasteiger partial charge is 0.260 e. The third kappa shape index (κ3) is 2.88. The van der Waals surface area contributed by atoms with Crippen molar-refractivity contribution in [3.05, 3.63) is 77.1 Å². The molecule has 2 aromatic carbocycles. The first kappa shape index (κ1) is 18.2. The van der Waals surface area contributed by atoms with Crippen LogP contribution >= 0.6 is 11.6 Å². The highest BCUT2D eigenvalue weighted by molar-refractivity contribution is 6.34. The van der Waals surface area contributed by atoms with E-state index in [-0.39, 0.29) is 23.2 Å². The molecule has 1 N–H and O–H groups in total. The van der Waals surface area contributed by atoms with Gasteiger partial charge in [-0.05, 0) is 68.2 Å². The Bertz CT molecular complexity index is 892. The molecule has 1 amide bonds. The van der Waals surface area contributed by atoms with Gasteiger partial charge in [-0.2, -0.15) is 0 Å². The summed E-state index contributed by atoms with van der Waals surface area (Å²) in [5, 5.41) is 3.81. The van der Waals surface area contributed by atoms with Gasteiger partial charge in [0.1, 0.15) is 5.82 Å². The summed E-state index contributed by atoms with van der Waals surface area (Å²) in [5.74, 6) is -0.410. The molecule has 2 heterocycles. The summed E-state index contributed by atoms with van der Waals surface area (Å²) in [7, 11) is 0. The van der Waals surface area contributed by atoms with Crippen LogP contribution in [0.4, 0.5) is 10.1 Å². The van der Waals surface area contributed by atoms with Crippen molar-refractivity contribution >= 4 is 23.2 Å². The molecule has 0 unspecified atom stereocenters. The van der Waals surface area contributed by atoms with Crippen LogP contribution in [0.3, 0.4) is 0 Å². The van der Waals surface area contributed by atoms with Gasteiger partial charge >= 0.3 is 0 Å². The van der Waals surface area contributed by atoms with Gasteiger partial charge in [-0.25, -0.2) is 4.39 Å². The Balaban J connectivity index is 1.89. The molecule has 1 atom stereocenters. The number of hydrogen-bond donors (Lipinski definition) is 1. The third-order valence-corrected chi connectivity index (χ3v) is 6.24. The van der Waals surface area contributed by atoms with Crippen molar-refractivity contribution < 1.29 is 9.18 Å². The van der Waals surface area contributed by atoms with Crippen molar-refractivity contribution in [2.45, 2.75) is 30.7 Å². The SMILES string of the molecule is C=CC[C@H]1N(C(=O)c2ccccc2Cl)c2ccc(F)cc2C12CCNCC2. The number of amides is 1. The predicted molar refractivity (Wildman–Crippen MR) is 107 cm³/mol. The summed E-state index contributed by atoms with van der Waals surface area (Å²) in [6.07, 6.45) is 4.21. The largest absolute Gasteiger partial charge is 0.317 e. The molecule has 3 nitrogen and oxygen atoms in total. The molecule has 0 aliphatic carbocycles. The summed E-state index contributed by atoms with van der Waals surface area (Å²) < 4.78 is 14.2. The number of rotatable bonds is 3. The minimum atomic E-state index is -0.270. The second kappa shape index (κ2) is 7.10. The van der Waals surface area contributed by atoms with E-state index < -0.39 is 0 Å². The molecule has 0 bridgehead atoms. The first-order chi connectivity index (χ1) is 13.1. The molecule has 140 valence electrons. The van der Waals surface area contributed by atoms with Gasteiger partial charge in [-0.1, -0.05) is 29.8 Å².